The first-order chi connectivity index (χ1) is 11.6. The van der Waals surface area contributed by atoms with Crippen LogP contribution in [-0.4, -0.2) is 32.2 Å². The lowest BCUT2D eigenvalue weighted by molar-refractivity contribution is -0.111. The summed E-state index contributed by atoms with van der Waals surface area (Å²) in [6.07, 6.45) is 4.48. The summed E-state index contributed by atoms with van der Waals surface area (Å²) < 4.78 is 15.8. The van der Waals surface area contributed by atoms with Crippen molar-refractivity contribution in [3.8, 4) is 17.2 Å². The van der Waals surface area contributed by atoms with Crippen molar-refractivity contribution in [1.82, 2.24) is 4.98 Å². The molecule has 0 fully saturated rings. The van der Waals surface area contributed by atoms with Gasteiger partial charge in [0.05, 0.1) is 26.4 Å². The summed E-state index contributed by atoms with van der Waals surface area (Å²) in [5.41, 5.74) is 0.726. The summed E-state index contributed by atoms with van der Waals surface area (Å²) in [7, 11) is 4.59. The van der Waals surface area contributed by atoms with E-state index in [1.165, 1.54) is 33.6 Å². The maximum Gasteiger partial charge on any atom is 0.249 e. The number of anilines is 1. The number of rotatable bonds is 6. The van der Waals surface area contributed by atoms with E-state index in [-0.39, 0.29) is 5.91 Å². The number of ether oxygens (including phenoxy) is 3. The van der Waals surface area contributed by atoms with Gasteiger partial charge in [-0.05, 0) is 35.9 Å². The highest BCUT2D eigenvalue weighted by atomic mass is 35.5. The molecular weight excluding hydrogens is 332 g/mol. The minimum Gasteiger partial charge on any atom is -0.493 e. The van der Waals surface area contributed by atoms with Crippen LogP contribution in [0.1, 0.15) is 5.56 Å². The number of halogens is 1. The third-order valence-electron chi connectivity index (χ3n) is 3.09. The fraction of sp³-hybridized carbons (Fsp3) is 0.176. The molecule has 0 aliphatic heterocycles. The summed E-state index contributed by atoms with van der Waals surface area (Å²) >= 11 is 5.75. The molecule has 1 N–H and O–H groups in total. The second-order valence-corrected chi connectivity index (χ2v) is 5.08. The number of nitrogens with one attached hydrogen (secondary N) is 1. The number of methoxy groups -OCH3 is 3. The number of carbonyl (C=O) groups excluding carboxylic acids is 1. The molecule has 7 heteroatoms. The van der Waals surface area contributed by atoms with Crippen LogP contribution in [0.4, 0.5) is 5.82 Å². The second kappa shape index (κ2) is 8.21. The van der Waals surface area contributed by atoms with Crippen molar-refractivity contribution in [1.29, 1.82) is 0 Å². The topological polar surface area (TPSA) is 69.7 Å². The monoisotopic (exact) mass is 348 g/mol. The number of pyridine rings is 1. The van der Waals surface area contributed by atoms with Crippen LogP contribution in [0.2, 0.25) is 5.02 Å². The highest BCUT2D eigenvalue weighted by molar-refractivity contribution is 6.30. The van der Waals surface area contributed by atoms with Crippen LogP contribution in [0.3, 0.4) is 0 Å². The van der Waals surface area contributed by atoms with Crippen LogP contribution >= 0.6 is 11.6 Å². The van der Waals surface area contributed by atoms with Crippen LogP contribution in [0.15, 0.2) is 36.5 Å². The van der Waals surface area contributed by atoms with Gasteiger partial charge in [-0.1, -0.05) is 11.6 Å². The minimum absolute atomic E-state index is 0.321. The van der Waals surface area contributed by atoms with Gasteiger partial charge in [-0.2, -0.15) is 0 Å². The molecule has 0 spiro atoms. The molecule has 0 radical (unpaired) electrons. The molecule has 24 heavy (non-hydrogen) atoms. The lowest BCUT2D eigenvalue weighted by Crippen LogP contribution is -2.08. The molecule has 2 rings (SSSR count). The van der Waals surface area contributed by atoms with Gasteiger partial charge in [-0.25, -0.2) is 4.98 Å². The molecular formula is C17H17ClN2O4. The summed E-state index contributed by atoms with van der Waals surface area (Å²) in [5, 5.41) is 3.14. The van der Waals surface area contributed by atoms with Crippen molar-refractivity contribution in [2.75, 3.05) is 26.6 Å². The molecule has 0 saturated carbocycles. The first kappa shape index (κ1) is 17.6. The fourth-order valence-electron chi connectivity index (χ4n) is 1.99. The number of benzene rings is 1. The zero-order valence-electron chi connectivity index (χ0n) is 13.5. The van der Waals surface area contributed by atoms with Gasteiger partial charge >= 0.3 is 0 Å². The van der Waals surface area contributed by atoms with Crippen molar-refractivity contribution >= 4 is 29.4 Å². The summed E-state index contributed by atoms with van der Waals surface area (Å²) in [6, 6.07) is 6.75. The average molecular weight is 349 g/mol. The van der Waals surface area contributed by atoms with Crippen LogP contribution in [0.5, 0.6) is 17.2 Å². The number of hydrogen-bond donors (Lipinski definition) is 1. The van der Waals surface area contributed by atoms with Gasteiger partial charge in [0.2, 0.25) is 11.7 Å². The zero-order chi connectivity index (χ0) is 17.5. The Morgan fingerprint density at radius 3 is 2.29 bits per heavy atom. The van der Waals surface area contributed by atoms with Gasteiger partial charge in [0.15, 0.2) is 11.5 Å². The van der Waals surface area contributed by atoms with E-state index in [2.05, 4.69) is 10.3 Å². The van der Waals surface area contributed by atoms with E-state index in [1.54, 1.807) is 30.3 Å². The van der Waals surface area contributed by atoms with Crippen LogP contribution in [-0.2, 0) is 4.79 Å². The minimum atomic E-state index is -0.321. The van der Waals surface area contributed by atoms with Gasteiger partial charge in [-0.15, -0.1) is 0 Å². The standard InChI is InChI=1S/C17H17ClN2O4/c1-22-13-8-11(9-14(23-2)17(13)24-3)4-7-16(21)20-15-6-5-12(18)10-19-15/h4-10H,1-3H3,(H,19,20,21)/b7-4+. The lowest BCUT2D eigenvalue weighted by atomic mass is 10.1. The van der Waals surface area contributed by atoms with Gasteiger partial charge in [0.25, 0.3) is 0 Å². The van der Waals surface area contributed by atoms with Crippen LogP contribution in [0.25, 0.3) is 6.08 Å². The van der Waals surface area contributed by atoms with E-state index in [0.717, 1.165) is 5.56 Å². The number of hydrogen-bond acceptors (Lipinski definition) is 5. The van der Waals surface area contributed by atoms with Crippen molar-refractivity contribution < 1.29 is 19.0 Å². The SMILES string of the molecule is COc1cc(/C=C/C(=O)Nc2ccc(Cl)cn2)cc(OC)c1OC. The Morgan fingerprint density at radius 1 is 1.12 bits per heavy atom. The molecule has 1 amide bonds. The molecule has 1 heterocycles. The molecule has 0 unspecified atom stereocenters. The van der Waals surface area contributed by atoms with Crippen LogP contribution < -0.4 is 19.5 Å². The number of amides is 1. The zero-order valence-corrected chi connectivity index (χ0v) is 14.3. The third kappa shape index (κ3) is 4.39. The van der Waals surface area contributed by atoms with E-state index in [9.17, 15) is 4.79 Å². The Labute approximate surface area is 145 Å². The molecule has 1 aromatic carbocycles. The number of carbonyl (C=O) groups is 1. The molecule has 0 bridgehead atoms. The molecule has 0 aliphatic rings. The maximum absolute atomic E-state index is 11.9. The van der Waals surface area contributed by atoms with E-state index in [1.807, 2.05) is 0 Å². The average Bonchev–Trinajstić information content (AvgIpc) is 2.60. The second-order valence-electron chi connectivity index (χ2n) is 4.64. The molecule has 6 nitrogen and oxygen atoms in total. The van der Waals surface area contributed by atoms with Crippen molar-refractivity contribution in [3.05, 3.63) is 47.1 Å². The van der Waals surface area contributed by atoms with E-state index in [4.69, 9.17) is 25.8 Å². The maximum atomic E-state index is 11.9. The van der Waals surface area contributed by atoms with E-state index < -0.39 is 0 Å². The fourth-order valence-corrected chi connectivity index (χ4v) is 2.10. The smallest absolute Gasteiger partial charge is 0.249 e. The van der Waals surface area contributed by atoms with Crippen molar-refractivity contribution in [3.63, 3.8) is 0 Å². The molecule has 0 aliphatic carbocycles. The number of aromatic nitrogens is 1. The van der Waals surface area contributed by atoms with Crippen LogP contribution in [0, 0.1) is 0 Å². The van der Waals surface area contributed by atoms with Crippen molar-refractivity contribution in [2.24, 2.45) is 0 Å². The molecule has 126 valence electrons. The summed E-state index contributed by atoms with van der Waals surface area (Å²) in [4.78, 5) is 15.9. The highest BCUT2D eigenvalue weighted by Crippen LogP contribution is 2.38. The first-order valence-corrected chi connectivity index (χ1v) is 7.35. The Bertz CT molecular complexity index is 720. The molecule has 1 aromatic heterocycles. The number of nitrogens with zero attached hydrogens (tertiary/aromatic N) is 1. The predicted octanol–water partition coefficient (Wildman–Crippen LogP) is 3.41. The Kier molecular flexibility index (Phi) is 6.03. The highest BCUT2D eigenvalue weighted by Gasteiger charge is 2.12. The Balaban J connectivity index is 2.15. The largest absolute Gasteiger partial charge is 0.493 e. The van der Waals surface area contributed by atoms with Gasteiger partial charge in [-0.3, -0.25) is 4.79 Å². The Morgan fingerprint density at radius 2 is 1.79 bits per heavy atom. The normalized spacial score (nSPS) is 10.5. The van der Waals surface area contributed by atoms with Crippen molar-refractivity contribution in [2.45, 2.75) is 0 Å². The molecule has 2 aromatic rings. The van der Waals surface area contributed by atoms with Gasteiger partial charge < -0.3 is 19.5 Å². The Hall–Kier alpha value is -2.73. The van der Waals surface area contributed by atoms with Gasteiger partial charge in [0.1, 0.15) is 5.82 Å². The molecule has 0 saturated heterocycles. The summed E-state index contributed by atoms with van der Waals surface area (Å²) in [6.45, 7) is 0. The summed E-state index contributed by atoms with van der Waals surface area (Å²) in [5.74, 6) is 1.61. The van der Waals surface area contributed by atoms with E-state index in [0.29, 0.717) is 28.1 Å². The third-order valence-corrected chi connectivity index (χ3v) is 3.32. The first-order valence-electron chi connectivity index (χ1n) is 6.98. The van der Waals surface area contributed by atoms with E-state index >= 15 is 0 Å². The lowest BCUT2D eigenvalue weighted by Gasteiger charge is -2.12. The van der Waals surface area contributed by atoms with Gasteiger partial charge in [0, 0.05) is 12.3 Å². The quantitative estimate of drug-likeness (QED) is 0.810. The molecule has 0 atom stereocenters. The predicted molar refractivity (Wildman–Crippen MR) is 93.0 cm³/mol.